The highest BCUT2D eigenvalue weighted by atomic mass is 32.2. The van der Waals surface area contributed by atoms with Crippen molar-refractivity contribution in [3.05, 3.63) is 48.5 Å². The summed E-state index contributed by atoms with van der Waals surface area (Å²) in [5.41, 5.74) is 2.96. The van der Waals surface area contributed by atoms with E-state index in [-0.39, 0.29) is 12.6 Å². The zero-order valence-corrected chi connectivity index (χ0v) is 22.7. The number of carbonyl (C=O) groups is 2. The van der Waals surface area contributed by atoms with Gasteiger partial charge in [0.25, 0.3) is 0 Å². The fourth-order valence-corrected chi connectivity index (χ4v) is 5.41. The number of para-hydroxylation sites is 2. The number of thioether (sulfide) groups is 1. The van der Waals surface area contributed by atoms with Crippen LogP contribution in [0.4, 0.5) is 16.2 Å². The molecule has 8 nitrogen and oxygen atoms in total. The number of benzene rings is 2. The molecular formula is C28H36N4O4S. The molecule has 1 aliphatic rings. The molecule has 0 atom stereocenters. The molecule has 0 radical (unpaired) electrons. The number of hydrogen-bond donors (Lipinski definition) is 1. The zero-order valence-electron chi connectivity index (χ0n) is 21.9. The van der Waals surface area contributed by atoms with Crippen LogP contribution in [0, 0.1) is 0 Å². The summed E-state index contributed by atoms with van der Waals surface area (Å²) in [6, 6.07) is 15.7. The van der Waals surface area contributed by atoms with Crippen molar-refractivity contribution in [3.63, 3.8) is 0 Å². The molecule has 0 spiro atoms. The van der Waals surface area contributed by atoms with Gasteiger partial charge in [-0.1, -0.05) is 23.9 Å². The summed E-state index contributed by atoms with van der Waals surface area (Å²) in [6.45, 7) is 8.07. The second-order valence-electron chi connectivity index (χ2n) is 10.3. The number of fused-ring (bicyclic) bond motifs is 1. The number of aliphatic carboxylic acids is 1. The Morgan fingerprint density at radius 3 is 2.43 bits per heavy atom. The highest BCUT2D eigenvalue weighted by molar-refractivity contribution is 7.99. The third-order valence-corrected chi connectivity index (χ3v) is 7.23. The van der Waals surface area contributed by atoms with E-state index >= 15 is 0 Å². The predicted molar refractivity (Wildman–Crippen MR) is 149 cm³/mol. The molecule has 1 N–H and O–H groups in total. The van der Waals surface area contributed by atoms with Gasteiger partial charge in [-0.05, 0) is 82.9 Å². The molecule has 0 saturated carbocycles. The van der Waals surface area contributed by atoms with Gasteiger partial charge in [-0.2, -0.15) is 0 Å². The number of ether oxygens (including phenoxy) is 1. The SMILES string of the molecule is CC(C)(C)OC(=O)N(CCCSc1nc2ccccc2n1CC(=O)O)c1ccc(N2CCCCC2)cc1. The minimum absolute atomic E-state index is 0.143. The van der Waals surface area contributed by atoms with E-state index in [2.05, 4.69) is 22.0 Å². The molecule has 1 amide bonds. The Labute approximate surface area is 222 Å². The van der Waals surface area contributed by atoms with Crippen LogP contribution >= 0.6 is 11.8 Å². The van der Waals surface area contributed by atoms with E-state index in [1.54, 1.807) is 9.47 Å². The topological polar surface area (TPSA) is 87.9 Å². The molecule has 9 heteroatoms. The Hall–Kier alpha value is -3.20. The first-order valence-corrected chi connectivity index (χ1v) is 13.9. The Bertz CT molecular complexity index is 1210. The van der Waals surface area contributed by atoms with Gasteiger partial charge in [0.15, 0.2) is 5.16 Å². The van der Waals surface area contributed by atoms with E-state index in [0.29, 0.717) is 23.9 Å². The van der Waals surface area contributed by atoms with E-state index in [4.69, 9.17) is 4.74 Å². The Balaban J connectivity index is 1.44. The van der Waals surface area contributed by atoms with Crippen LogP contribution in [0.15, 0.2) is 53.7 Å². The maximum atomic E-state index is 13.1. The van der Waals surface area contributed by atoms with Crippen LogP contribution < -0.4 is 9.80 Å². The lowest BCUT2D eigenvalue weighted by molar-refractivity contribution is -0.137. The highest BCUT2D eigenvalue weighted by Gasteiger charge is 2.24. The number of carboxylic acid groups (broad SMARTS) is 1. The average Bonchev–Trinajstić information content (AvgIpc) is 3.20. The monoisotopic (exact) mass is 524 g/mol. The first kappa shape index (κ1) is 26.9. The number of anilines is 2. The van der Waals surface area contributed by atoms with Gasteiger partial charge in [0.2, 0.25) is 0 Å². The van der Waals surface area contributed by atoms with Crippen molar-refractivity contribution in [2.75, 3.05) is 35.2 Å². The number of imidazole rings is 1. The van der Waals surface area contributed by atoms with E-state index < -0.39 is 11.6 Å². The molecule has 1 fully saturated rings. The summed E-state index contributed by atoms with van der Waals surface area (Å²) in [5, 5.41) is 10.0. The molecule has 2 aromatic carbocycles. The third-order valence-electron chi connectivity index (χ3n) is 6.17. The van der Waals surface area contributed by atoms with E-state index in [9.17, 15) is 14.7 Å². The number of carboxylic acids is 1. The van der Waals surface area contributed by atoms with Crippen LogP contribution in [0.2, 0.25) is 0 Å². The Kier molecular flexibility index (Phi) is 8.63. The van der Waals surface area contributed by atoms with Crippen LogP contribution in [-0.4, -0.2) is 57.7 Å². The van der Waals surface area contributed by atoms with Crippen molar-refractivity contribution < 1.29 is 19.4 Å². The molecule has 0 unspecified atom stereocenters. The van der Waals surface area contributed by atoms with E-state index in [0.717, 1.165) is 29.8 Å². The van der Waals surface area contributed by atoms with E-state index in [1.165, 1.54) is 36.7 Å². The molecule has 198 valence electrons. The van der Waals surface area contributed by atoms with Gasteiger partial charge in [-0.25, -0.2) is 9.78 Å². The largest absolute Gasteiger partial charge is 0.480 e. The van der Waals surface area contributed by atoms with Crippen molar-refractivity contribution in [2.45, 2.75) is 63.8 Å². The summed E-state index contributed by atoms with van der Waals surface area (Å²) in [4.78, 5) is 33.3. The molecule has 2 heterocycles. The molecule has 4 rings (SSSR count). The molecule has 1 aromatic heterocycles. The molecule has 1 aliphatic heterocycles. The summed E-state index contributed by atoms with van der Waals surface area (Å²) >= 11 is 1.50. The van der Waals surface area contributed by atoms with Crippen molar-refractivity contribution in [1.29, 1.82) is 0 Å². The summed E-state index contributed by atoms with van der Waals surface area (Å²) in [7, 11) is 0. The number of carbonyl (C=O) groups excluding carboxylic acids is 1. The van der Waals surface area contributed by atoms with Gasteiger partial charge in [0.1, 0.15) is 12.1 Å². The number of piperidine rings is 1. The molecule has 0 aliphatic carbocycles. The molecule has 0 bridgehead atoms. The second-order valence-corrected chi connectivity index (χ2v) is 11.3. The molecular weight excluding hydrogens is 488 g/mol. The second kappa shape index (κ2) is 11.9. The van der Waals surface area contributed by atoms with Gasteiger partial charge in [0.05, 0.1) is 11.0 Å². The van der Waals surface area contributed by atoms with Crippen LogP contribution in [0.1, 0.15) is 46.5 Å². The van der Waals surface area contributed by atoms with Crippen LogP contribution in [-0.2, 0) is 16.1 Å². The number of hydrogen-bond acceptors (Lipinski definition) is 6. The number of nitrogens with zero attached hydrogens (tertiary/aromatic N) is 4. The van der Waals surface area contributed by atoms with Crippen molar-refractivity contribution in [1.82, 2.24) is 9.55 Å². The van der Waals surface area contributed by atoms with Gasteiger partial charge >= 0.3 is 12.1 Å². The van der Waals surface area contributed by atoms with Gasteiger partial charge in [-0.15, -0.1) is 0 Å². The average molecular weight is 525 g/mol. The maximum Gasteiger partial charge on any atom is 0.414 e. The van der Waals surface area contributed by atoms with Crippen LogP contribution in [0.5, 0.6) is 0 Å². The lowest BCUT2D eigenvalue weighted by Crippen LogP contribution is -2.37. The predicted octanol–water partition coefficient (Wildman–Crippen LogP) is 6.04. The Morgan fingerprint density at radius 2 is 1.76 bits per heavy atom. The number of rotatable bonds is 9. The normalized spacial score (nSPS) is 14.1. The maximum absolute atomic E-state index is 13.1. The summed E-state index contributed by atoms with van der Waals surface area (Å²) in [6.07, 6.45) is 4.02. The molecule has 1 saturated heterocycles. The first-order chi connectivity index (χ1) is 17.7. The fourth-order valence-electron chi connectivity index (χ4n) is 4.48. The Morgan fingerprint density at radius 1 is 1.05 bits per heavy atom. The lowest BCUT2D eigenvalue weighted by Gasteiger charge is -2.30. The van der Waals surface area contributed by atoms with Gasteiger partial charge < -0.3 is 19.3 Å². The number of aromatic nitrogens is 2. The van der Waals surface area contributed by atoms with Crippen LogP contribution in [0.3, 0.4) is 0 Å². The summed E-state index contributed by atoms with van der Waals surface area (Å²) in [5.74, 6) is -0.234. The first-order valence-electron chi connectivity index (χ1n) is 12.9. The minimum Gasteiger partial charge on any atom is -0.480 e. The third kappa shape index (κ3) is 7.19. The van der Waals surface area contributed by atoms with Crippen molar-refractivity contribution >= 4 is 46.2 Å². The van der Waals surface area contributed by atoms with Crippen LogP contribution in [0.25, 0.3) is 11.0 Å². The fraction of sp³-hybridized carbons (Fsp3) is 0.464. The zero-order chi connectivity index (χ0) is 26.4. The quantitative estimate of drug-likeness (QED) is 0.270. The standard InChI is InChI=1S/C28H36N4O4S/c1-28(2,3)36-27(35)31(22-14-12-21(13-15-22)30-16-7-4-8-17-30)18-9-19-37-26-29-23-10-5-6-11-24(23)32(26)20-25(33)34/h5-6,10-15H,4,7-9,16-20H2,1-3H3,(H,33,34). The van der Waals surface area contributed by atoms with E-state index in [1.807, 2.05) is 57.2 Å². The summed E-state index contributed by atoms with van der Waals surface area (Å²) < 4.78 is 7.44. The molecule has 3 aromatic rings. The minimum atomic E-state index is -0.908. The lowest BCUT2D eigenvalue weighted by atomic mass is 10.1. The highest BCUT2D eigenvalue weighted by Crippen LogP contribution is 2.27. The van der Waals surface area contributed by atoms with Crippen molar-refractivity contribution in [2.24, 2.45) is 0 Å². The van der Waals surface area contributed by atoms with Crippen molar-refractivity contribution in [3.8, 4) is 0 Å². The molecule has 37 heavy (non-hydrogen) atoms. The number of amides is 1. The van der Waals surface area contributed by atoms with Gasteiger partial charge in [0, 0.05) is 36.8 Å². The smallest absolute Gasteiger partial charge is 0.414 e. The van der Waals surface area contributed by atoms with Gasteiger partial charge in [-0.3, -0.25) is 9.69 Å².